The summed E-state index contributed by atoms with van der Waals surface area (Å²) in [4.78, 5) is 2.84. The topological polar surface area (TPSA) is 0 Å². The van der Waals surface area contributed by atoms with Crippen LogP contribution in [0.15, 0.2) is 21.9 Å². The van der Waals surface area contributed by atoms with Crippen molar-refractivity contribution < 1.29 is 0 Å². The van der Waals surface area contributed by atoms with Gasteiger partial charge in [-0.05, 0) is 41.7 Å². The summed E-state index contributed by atoms with van der Waals surface area (Å²) in [6, 6.07) is 4.70. The van der Waals surface area contributed by atoms with Crippen molar-refractivity contribution in [2.75, 3.05) is 12.0 Å². The maximum atomic E-state index is 3.62. The van der Waals surface area contributed by atoms with E-state index in [0.717, 1.165) is 10.7 Å². The molecule has 0 aliphatic heterocycles. The summed E-state index contributed by atoms with van der Waals surface area (Å²) in [7, 11) is 0. The third kappa shape index (κ3) is 6.03. The summed E-state index contributed by atoms with van der Waals surface area (Å²) >= 11 is 11.1. The SMILES string of the molecule is CCCCCCSc1cc(CBr)c(SC)cc1CBr. The fourth-order valence-electron chi connectivity index (χ4n) is 1.89. The molecule has 0 nitrogen and oxygen atoms in total. The largest absolute Gasteiger partial charge is 0.129 e. The first-order chi connectivity index (χ1) is 9.26. The highest BCUT2D eigenvalue weighted by atomic mass is 79.9. The third-order valence-electron chi connectivity index (χ3n) is 3.01. The van der Waals surface area contributed by atoms with E-state index in [4.69, 9.17) is 0 Å². The van der Waals surface area contributed by atoms with Gasteiger partial charge < -0.3 is 0 Å². The van der Waals surface area contributed by atoms with E-state index in [1.54, 1.807) is 0 Å². The number of benzene rings is 1. The van der Waals surface area contributed by atoms with Gasteiger partial charge >= 0.3 is 0 Å². The van der Waals surface area contributed by atoms with E-state index >= 15 is 0 Å². The molecule has 0 aliphatic carbocycles. The van der Waals surface area contributed by atoms with E-state index in [0.29, 0.717) is 0 Å². The van der Waals surface area contributed by atoms with Crippen molar-refractivity contribution in [3.63, 3.8) is 0 Å². The summed E-state index contributed by atoms with van der Waals surface area (Å²) in [6.07, 6.45) is 7.52. The van der Waals surface area contributed by atoms with Gasteiger partial charge in [0.1, 0.15) is 0 Å². The lowest BCUT2D eigenvalue weighted by atomic mass is 10.2. The lowest BCUT2D eigenvalue weighted by molar-refractivity contribution is 0.706. The van der Waals surface area contributed by atoms with Crippen molar-refractivity contribution in [2.24, 2.45) is 0 Å². The van der Waals surface area contributed by atoms with Crippen LogP contribution in [0.3, 0.4) is 0 Å². The van der Waals surface area contributed by atoms with Crippen molar-refractivity contribution in [1.29, 1.82) is 0 Å². The molecule has 19 heavy (non-hydrogen) atoms. The molecule has 0 saturated carbocycles. The molecule has 0 aromatic heterocycles. The molecular formula is C15H22Br2S2. The monoisotopic (exact) mass is 424 g/mol. The number of rotatable bonds is 9. The van der Waals surface area contributed by atoms with Crippen LogP contribution in [0.2, 0.25) is 0 Å². The molecule has 0 heterocycles. The molecule has 1 aromatic rings. The molecule has 0 fully saturated rings. The summed E-state index contributed by atoms with van der Waals surface area (Å²) < 4.78 is 0. The zero-order valence-electron chi connectivity index (χ0n) is 11.7. The minimum Gasteiger partial charge on any atom is -0.129 e. The predicted octanol–water partition coefficient (Wildman–Crippen LogP) is 6.87. The van der Waals surface area contributed by atoms with Gasteiger partial charge in [-0.2, -0.15) is 0 Å². The summed E-state index contributed by atoms with van der Waals surface area (Å²) in [6.45, 7) is 2.26. The van der Waals surface area contributed by atoms with Crippen LogP contribution in [0.25, 0.3) is 0 Å². The van der Waals surface area contributed by atoms with E-state index in [1.807, 2.05) is 23.5 Å². The van der Waals surface area contributed by atoms with Gasteiger partial charge in [0.2, 0.25) is 0 Å². The Kier molecular flexibility index (Phi) is 9.99. The molecule has 0 radical (unpaired) electrons. The third-order valence-corrected chi connectivity index (χ3v) is 6.22. The van der Waals surface area contributed by atoms with Crippen LogP contribution in [-0.4, -0.2) is 12.0 Å². The molecule has 0 N–H and O–H groups in total. The second-order valence-electron chi connectivity index (χ2n) is 4.45. The van der Waals surface area contributed by atoms with Crippen LogP contribution in [-0.2, 0) is 10.7 Å². The number of hydrogen-bond donors (Lipinski definition) is 0. The standard InChI is InChI=1S/C15H22Br2S2/c1-3-4-5-6-7-19-15-9-12(10-16)14(18-2)8-13(15)11-17/h8-9H,3-7,10-11H2,1-2H3. The van der Waals surface area contributed by atoms with E-state index in [1.165, 1.54) is 52.4 Å². The number of alkyl halides is 2. The molecule has 4 heteroatoms. The summed E-state index contributed by atoms with van der Waals surface area (Å²) in [5.41, 5.74) is 2.84. The Labute approximate surface area is 143 Å². The van der Waals surface area contributed by atoms with Gasteiger partial charge in [0.25, 0.3) is 0 Å². The quantitative estimate of drug-likeness (QED) is 0.240. The molecule has 1 aromatic carbocycles. The smallest absolute Gasteiger partial charge is 0.0294 e. The lowest BCUT2D eigenvalue weighted by Crippen LogP contribution is -1.92. The fourth-order valence-corrected chi connectivity index (χ4v) is 4.95. The predicted molar refractivity (Wildman–Crippen MR) is 98.4 cm³/mol. The van der Waals surface area contributed by atoms with Crippen molar-refractivity contribution in [3.05, 3.63) is 23.3 Å². The Morgan fingerprint density at radius 1 is 0.947 bits per heavy atom. The van der Waals surface area contributed by atoms with Crippen molar-refractivity contribution in [2.45, 2.75) is 53.1 Å². The van der Waals surface area contributed by atoms with Crippen LogP contribution < -0.4 is 0 Å². The van der Waals surface area contributed by atoms with Crippen LogP contribution in [0, 0.1) is 0 Å². The Morgan fingerprint density at radius 2 is 1.58 bits per heavy atom. The minimum atomic E-state index is 0.940. The molecule has 0 atom stereocenters. The molecule has 0 spiro atoms. The summed E-state index contributed by atoms with van der Waals surface area (Å²) in [5, 5.41) is 1.88. The molecule has 0 saturated heterocycles. The zero-order chi connectivity index (χ0) is 14.1. The number of thioether (sulfide) groups is 2. The van der Waals surface area contributed by atoms with Gasteiger partial charge in [0.15, 0.2) is 0 Å². The molecule has 0 bridgehead atoms. The normalized spacial score (nSPS) is 10.9. The first kappa shape index (κ1) is 17.9. The molecule has 108 valence electrons. The molecule has 0 aliphatic rings. The maximum absolute atomic E-state index is 3.62. The first-order valence-electron chi connectivity index (χ1n) is 6.71. The average molecular weight is 426 g/mol. The van der Waals surface area contributed by atoms with E-state index in [2.05, 4.69) is 57.2 Å². The van der Waals surface area contributed by atoms with Crippen molar-refractivity contribution in [1.82, 2.24) is 0 Å². The van der Waals surface area contributed by atoms with Crippen LogP contribution >= 0.6 is 55.4 Å². The lowest BCUT2D eigenvalue weighted by Gasteiger charge is -2.12. The van der Waals surface area contributed by atoms with Crippen LogP contribution in [0.1, 0.15) is 43.7 Å². The first-order valence-corrected chi connectivity index (χ1v) is 11.2. The second-order valence-corrected chi connectivity index (χ2v) is 7.55. The molecular weight excluding hydrogens is 404 g/mol. The number of hydrogen-bond acceptors (Lipinski definition) is 2. The van der Waals surface area contributed by atoms with Crippen molar-refractivity contribution >= 4 is 55.4 Å². The average Bonchev–Trinajstić information content (AvgIpc) is 2.46. The van der Waals surface area contributed by atoms with Crippen molar-refractivity contribution in [3.8, 4) is 0 Å². The van der Waals surface area contributed by atoms with Gasteiger partial charge in [0.05, 0.1) is 0 Å². The van der Waals surface area contributed by atoms with Gasteiger partial charge in [-0.3, -0.25) is 0 Å². The molecule has 1 rings (SSSR count). The highest BCUT2D eigenvalue weighted by Gasteiger charge is 2.08. The summed E-state index contributed by atoms with van der Waals surface area (Å²) in [5.74, 6) is 1.24. The zero-order valence-corrected chi connectivity index (χ0v) is 16.5. The fraction of sp³-hybridized carbons (Fsp3) is 0.600. The number of unbranched alkanes of at least 4 members (excludes halogenated alkanes) is 3. The Hall–Kier alpha value is 0.880. The highest BCUT2D eigenvalue weighted by Crippen LogP contribution is 2.33. The van der Waals surface area contributed by atoms with Crippen LogP contribution in [0.5, 0.6) is 0 Å². The van der Waals surface area contributed by atoms with E-state index in [-0.39, 0.29) is 0 Å². The molecule has 0 amide bonds. The van der Waals surface area contributed by atoms with Gasteiger partial charge in [-0.15, -0.1) is 23.5 Å². The highest BCUT2D eigenvalue weighted by molar-refractivity contribution is 9.08. The van der Waals surface area contributed by atoms with Crippen LogP contribution in [0.4, 0.5) is 0 Å². The molecule has 0 unspecified atom stereocenters. The van der Waals surface area contributed by atoms with Gasteiger partial charge in [-0.1, -0.05) is 58.0 Å². The Morgan fingerprint density at radius 3 is 2.16 bits per heavy atom. The van der Waals surface area contributed by atoms with Gasteiger partial charge in [-0.25, -0.2) is 0 Å². The minimum absolute atomic E-state index is 0.940. The van der Waals surface area contributed by atoms with Gasteiger partial charge in [0, 0.05) is 20.5 Å². The Bertz CT molecular complexity index is 381. The second kappa shape index (κ2) is 10.6. The maximum Gasteiger partial charge on any atom is 0.0294 e. The number of halogens is 2. The van der Waals surface area contributed by atoms with E-state index < -0.39 is 0 Å². The van der Waals surface area contributed by atoms with E-state index in [9.17, 15) is 0 Å². The Balaban J connectivity index is 2.70.